The van der Waals surface area contributed by atoms with Crippen LogP contribution in [0.3, 0.4) is 0 Å². The van der Waals surface area contributed by atoms with Crippen molar-refractivity contribution < 1.29 is 53.8 Å². The van der Waals surface area contributed by atoms with Crippen molar-refractivity contribution in [3.63, 3.8) is 0 Å². The predicted molar refractivity (Wildman–Crippen MR) is 122 cm³/mol. The molecular weight excluding hydrogens is 466 g/mol. The fraction of sp³-hybridized carbons (Fsp3) is 0.739. The molecule has 12 nitrogen and oxygen atoms in total. The third kappa shape index (κ3) is 12.6. The lowest BCUT2D eigenvalue weighted by Crippen LogP contribution is -2.47. The first-order chi connectivity index (χ1) is 16.6. The number of ether oxygens (including phenoxy) is 3. The number of unbranched alkanes of at least 4 members (excludes halogenated alkanes) is 3. The van der Waals surface area contributed by atoms with Gasteiger partial charge in [-0.25, -0.2) is 0 Å². The highest BCUT2D eigenvalue weighted by Crippen LogP contribution is 2.28. The molecule has 0 saturated heterocycles. The average molecular weight is 504 g/mol. The minimum absolute atomic E-state index is 0.101. The van der Waals surface area contributed by atoms with Crippen molar-refractivity contribution in [3.05, 3.63) is 11.6 Å². The lowest BCUT2D eigenvalue weighted by atomic mass is 9.90. The molecule has 200 valence electrons. The maximum atomic E-state index is 13.1. The summed E-state index contributed by atoms with van der Waals surface area (Å²) in [5.41, 5.74) is 0.363. The molecule has 0 heterocycles. The van der Waals surface area contributed by atoms with Crippen molar-refractivity contribution in [3.8, 4) is 0 Å². The van der Waals surface area contributed by atoms with Crippen LogP contribution in [0.25, 0.3) is 0 Å². The van der Waals surface area contributed by atoms with Crippen LogP contribution in [-0.2, 0) is 33.4 Å². The second-order valence-electron chi connectivity index (χ2n) is 8.27. The van der Waals surface area contributed by atoms with Gasteiger partial charge < -0.3 is 39.5 Å². The van der Waals surface area contributed by atoms with E-state index in [-0.39, 0.29) is 58.0 Å². The number of aliphatic hydroxyl groups is 1. The van der Waals surface area contributed by atoms with Crippen LogP contribution in [0.2, 0.25) is 0 Å². The Bertz CT molecular complexity index is 724. The van der Waals surface area contributed by atoms with Gasteiger partial charge in [-0.05, 0) is 18.9 Å². The van der Waals surface area contributed by atoms with Gasteiger partial charge in [0.15, 0.2) is 0 Å². The summed E-state index contributed by atoms with van der Waals surface area (Å²) < 4.78 is 17.1. The SMILES string of the molecule is CN(CCCCCCO)C(=O)C1=C[C@@H](OCCC(=O)O)[C@@H](OCCC(=O)O)[C@H](OCCC(=O)O)C1. The first-order valence-corrected chi connectivity index (χ1v) is 11.7. The molecule has 1 aliphatic carbocycles. The van der Waals surface area contributed by atoms with Gasteiger partial charge in [-0.3, -0.25) is 19.2 Å². The van der Waals surface area contributed by atoms with Gasteiger partial charge in [0, 0.05) is 32.2 Å². The Morgan fingerprint density at radius 3 is 1.97 bits per heavy atom. The fourth-order valence-corrected chi connectivity index (χ4v) is 3.59. The van der Waals surface area contributed by atoms with Crippen LogP contribution in [0.15, 0.2) is 11.6 Å². The van der Waals surface area contributed by atoms with Crippen molar-refractivity contribution >= 4 is 23.8 Å². The summed E-state index contributed by atoms with van der Waals surface area (Å²) in [6.07, 6.45) is 1.46. The molecule has 0 spiro atoms. The van der Waals surface area contributed by atoms with Crippen molar-refractivity contribution in [2.75, 3.05) is 40.0 Å². The molecule has 0 bridgehead atoms. The molecule has 0 aromatic rings. The summed E-state index contributed by atoms with van der Waals surface area (Å²) in [4.78, 5) is 47.4. The Balaban J connectivity index is 3.00. The topological polar surface area (TPSA) is 180 Å². The highest BCUT2D eigenvalue weighted by Gasteiger charge is 2.38. The molecule has 4 N–H and O–H groups in total. The van der Waals surface area contributed by atoms with E-state index in [1.165, 1.54) is 0 Å². The van der Waals surface area contributed by atoms with E-state index < -0.39 is 36.2 Å². The van der Waals surface area contributed by atoms with Gasteiger partial charge in [0.2, 0.25) is 5.91 Å². The Morgan fingerprint density at radius 1 is 0.857 bits per heavy atom. The number of carbonyl (C=O) groups is 4. The van der Waals surface area contributed by atoms with Gasteiger partial charge in [-0.15, -0.1) is 0 Å². The van der Waals surface area contributed by atoms with Crippen LogP contribution < -0.4 is 0 Å². The maximum Gasteiger partial charge on any atom is 0.305 e. The van der Waals surface area contributed by atoms with E-state index in [2.05, 4.69) is 0 Å². The Labute approximate surface area is 204 Å². The minimum Gasteiger partial charge on any atom is -0.481 e. The molecule has 1 amide bonds. The van der Waals surface area contributed by atoms with Gasteiger partial charge in [-0.1, -0.05) is 12.8 Å². The standard InChI is InChI=1S/C23H37NO11/c1-24(9-4-2-3-5-10-25)23(32)16-14-17(33-11-6-19(26)27)22(35-13-8-21(30)31)18(15-16)34-12-7-20(28)29/h14,17-18,22,25H,2-13,15H2,1H3,(H,26,27)(H,28,29)(H,30,31)/t17-,18-,22-/m1/s1. The van der Waals surface area contributed by atoms with Crippen LogP contribution in [0.5, 0.6) is 0 Å². The van der Waals surface area contributed by atoms with E-state index in [4.69, 9.17) is 34.6 Å². The molecule has 12 heteroatoms. The minimum atomic E-state index is -1.07. The number of aliphatic hydroxyl groups excluding tert-OH is 1. The zero-order chi connectivity index (χ0) is 26.2. The molecule has 1 aliphatic rings. The largest absolute Gasteiger partial charge is 0.481 e. The number of hydrogen-bond acceptors (Lipinski definition) is 8. The van der Waals surface area contributed by atoms with Crippen LogP contribution in [-0.4, -0.2) is 107 Å². The van der Waals surface area contributed by atoms with Crippen molar-refractivity contribution in [1.29, 1.82) is 0 Å². The van der Waals surface area contributed by atoms with Gasteiger partial charge in [0.05, 0.1) is 45.2 Å². The monoisotopic (exact) mass is 503 g/mol. The zero-order valence-electron chi connectivity index (χ0n) is 20.1. The molecule has 1 rings (SSSR count). The zero-order valence-corrected chi connectivity index (χ0v) is 20.1. The molecule has 0 unspecified atom stereocenters. The molecule has 0 fully saturated rings. The van der Waals surface area contributed by atoms with E-state index in [1.54, 1.807) is 18.0 Å². The Hall–Kier alpha value is -2.54. The van der Waals surface area contributed by atoms with Crippen LogP contribution >= 0.6 is 0 Å². The highest BCUT2D eigenvalue weighted by molar-refractivity contribution is 5.93. The van der Waals surface area contributed by atoms with Crippen LogP contribution in [0.1, 0.15) is 51.4 Å². The molecule has 3 atom stereocenters. The first-order valence-electron chi connectivity index (χ1n) is 11.7. The highest BCUT2D eigenvalue weighted by atomic mass is 16.6. The maximum absolute atomic E-state index is 13.1. The number of aliphatic carboxylic acids is 3. The summed E-state index contributed by atoms with van der Waals surface area (Å²) >= 11 is 0. The molecule has 0 radical (unpaired) electrons. The number of rotatable bonds is 19. The molecule has 0 aromatic carbocycles. The smallest absolute Gasteiger partial charge is 0.305 e. The molecule has 0 saturated carbocycles. The lowest BCUT2D eigenvalue weighted by molar-refractivity contribution is -0.154. The second kappa shape index (κ2) is 17.0. The number of carbonyl (C=O) groups excluding carboxylic acids is 1. The van der Waals surface area contributed by atoms with Crippen molar-refractivity contribution in [2.45, 2.75) is 69.7 Å². The number of amides is 1. The van der Waals surface area contributed by atoms with Gasteiger partial charge in [0.25, 0.3) is 0 Å². The third-order valence-electron chi connectivity index (χ3n) is 5.40. The summed E-state index contributed by atoms with van der Waals surface area (Å²) in [6.45, 7) is 0.143. The number of likely N-dealkylation sites (N-methyl/N-ethyl adjacent to an activating group) is 1. The first kappa shape index (κ1) is 30.5. The molecule has 35 heavy (non-hydrogen) atoms. The molecule has 0 aromatic heterocycles. The van der Waals surface area contributed by atoms with Crippen LogP contribution in [0.4, 0.5) is 0 Å². The number of carboxylic acids is 3. The lowest BCUT2D eigenvalue weighted by Gasteiger charge is -2.37. The summed E-state index contributed by atoms with van der Waals surface area (Å²) in [6, 6.07) is 0. The number of hydrogen-bond donors (Lipinski definition) is 4. The Kier molecular flexibility index (Phi) is 14.8. The Morgan fingerprint density at radius 2 is 1.40 bits per heavy atom. The van der Waals surface area contributed by atoms with E-state index in [9.17, 15) is 19.2 Å². The quantitative estimate of drug-likeness (QED) is 0.184. The second-order valence-corrected chi connectivity index (χ2v) is 8.27. The summed E-state index contributed by atoms with van der Waals surface area (Å²) in [7, 11) is 1.66. The van der Waals surface area contributed by atoms with E-state index in [1.807, 2.05) is 0 Å². The van der Waals surface area contributed by atoms with E-state index in [0.717, 1.165) is 19.3 Å². The van der Waals surface area contributed by atoms with Crippen LogP contribution in [0, 0.1) is 0 Å². The van der Waals surface area contributed by atoms with Gasteiger partial charge in [0.1, 0.15) is 12.2 Å². The van der Waals surface area contributed by atoms with E-state index in [0.29, 0.717) is 18.5 Å². The van der Waals surface area contributed by atoms with Gasteiger partial charge in [-0.2, -0.15) is 0 Å². The van der Waals surface area contributed by atoms with E-state index >= 15 is 0 Å². The summed E-state index contributed by atoms with van der Waals surface area (Å²) in [5, 5.41) is 35.7. The van der Waals surface area contributed by atoms with Crippen molar-refractivity contribution in [1.82, 2.24) is 4.90 Å². The summed E-state index contributed by atoms with van der Waals surface area (Å²) in [5.74, 6) is -3.47. The van der Waals surface area contributed by atoms with Gasteiger partial charge >= 0.3 is 17.9 Å². The number of carboxylic acid groups (broad SMARTS) is 3. The fourth-order valence-electron chi connectivity index (χ4n) is 3.59. The average Bonchev–Trinajstić information content (AvgIpc) is 2.78. The third-order valence-corrected chi connectivity index (χ3v) is 5.40. The van der Waals surface area contributed by atoms with Crippen molar-refractivity contribution in [2.24, 2.45) is 0 Å². The predicted octanol–water partition coefficient (Wildman–Crippen LogP) is 0.907. The molecule has 0 aliphatic heterocycles. The number of nitrogens with zero attached hydrogens (tertiary/aromatic N) is 1. The normalized spacial score (nSPS) is 19.7. The molecular formula is C23H37NO11.